The molecule has 3 aromatic rings. The van der Waals surface area contributed by atoms with Gasteiger partial charge < -0.3 is 33.4 Å². The van der Waals surface area contributed by atoms with Gasteiger partial charge in [-0.25, -0.2) is 9.59 Å². The fourth-order valence-electron chi connectivity index (χ4n) is 8.31. The van der Waals surface area contributed by atoms with E-state index in [1.165, 1.54) is 17.6 Å². The molecule has 1 aliphatic carbocycles. The number of aliphatic hydroxyl groups is 1. The van der Waals surface area contributed by atoms with Crippen molar-refractivity contribution < 1.29 is 38.1 Å². The molecular formula is C52H75NO8Si. The first-order valence-electron chi connectivity index (χ1n) is 22.5. The van der Waals surface area contributed by atoms with Crippen molar-refractivity contribution in [3.63, 3.8) is 0 Å². The normalized spacial score (nSPS) is 16.0. The van der Waals surface area contributed by atoms with E-state index in [1.807, 2.05) is 36.4 Å². The highest BCUT2D eigenvalue weighted by atomic mass is 28.4. The Labute approximate surface area is 374 Å². The number of nitrogens with zero attached hydrogens (tertiary/aromatic N) is 1. The van der Waals surface area contributed by atoms with Gasteiger partial charge in [0.05, 0.1) is 24.7 Å². The Hall–Kier alpha value is -4.38. The van der Waals surface area contributed by atoms with Crippen molar-refractivity contribution in [2.24, 2.45) is 17.8 Å². The molecule has 4 rings (SSSR count). The molecule has 0 radical (unpaired) electrons. The molecule has 9 nitrogen and oxygen atoms in total. The molecule has 0 aliphatic heterocycles. The molecule has 0 spiro atoms. The van der Waals surface area contributed by atoms with Crippen LogP contribution in [0.15, 0.2) is 95.8 Å². The second-order valence-corrected chi connectivity index (χ2v) is 23.8. The first-order valence-corrected chi connectivity index (χ1v) is 25.4. The van der Waals surface area contributed by atoms with Crippen LogP contribution in [-0.4, -0.2) is 77.7 Å². The van der Waals surface area contributed by atoms with E-state index in [9.17, 15) is 14.7 Å². The number of amides is 1. The highest BCUT2D eigenvalue weighted by Crippen LogP contribution is 2.45. The lowest BCUT2D eigenvalue weighted by molar-refractivity contribution is -0.136. The summed E-state index contributed by atoms with van der Waals surface area (Å²) < 4.78 is 29.2. The molecule has 1 aliphatic rings. The van der Waals surface area contributed by atoms with Crippen molar-refractivity contribution in [2.75, 3.05) is 41.2 Å². The van der Waals surface area contributed by atoms with Gasteiger partial charge in [0, 0.05) is 26.6 Å². The van der Waals surface area contributed by atoms with Crippen molar-refractivity contribution in [3.05, 3.63) is 112 Å². The monoisotopic (exact) mass is 870 g/mol. The van der Waals surface area contributed by atoms with Crippen molar-refractivity contribution in [2.45, 2.75) is 124 Å². The Morgan fingerprint density at radius 2 is 1.52 bits per heavy atom. The van der Waals surface area contributed by atoms with Gasteiger partial charge in [0.2, 0.25) is 0 Å². The fraction of sp³-hybridized carbons (Fsp3) is 0.538. The Morgan fingerprint density at radius 1 is 0.919 bits per heavy atom. The second kappa shape index (κ2) is 22.8. The molecule has 0 heterocycles. The van der Waals surface area contributed by atoms with Gasteiger partial charge in [-0.1, -0.05) is 122 Å². The van der Waals surface area contributed by atoms with Gasteiger partial charge in [-0.3, -0.25) is 0 Å². The van der Waals surface area contributed by atoms with E-state index in [4.69, 9.17) is 23.4 Å². The van der Waals surface area contributed by atoms with Crippen LogP contribution in [0, 0.1) is 17.8 Å². The third kappa shape index (κ3) is 13.1. The summed E-state index contributed by atoms with van der Waals surface area (Å²) in [6.45, 7) is 23.0. The van der Waals surface area contributed by atoms with E-state index in [0.29, 0.717) is 29.6 Å². The van der Waals surface area contributed by atoms with Gasteiger partial charge in [0.15, 0.2) is 15.1 Å². The third-order valence-electron chi connectivity index (χ3n) is 13.1. The number of allylic oxidation sites excluding steroid dienone is 1. The molecule has 0 saturated carbocycles. The van der Waals surface area contributed by atoms with Crippen molar-refractivity contribution in [1.29, 1.82) is 0 Å². The number of esters is 1. The summed E-state index contributed by atoms with van der Waals surface area (Å²) in [5, 5.41) is 12.2. The second-order valence-electron chi connectivity index (χ2n) is 19.0. The summed E-state index contributed by atoms with van der Waals surface area (Å²) in [7, 11) is 2.39. The zero-order chi connectivity index (χ0) is 45.8. The van der Waals surface area contributed by atoms with Gasteiger partial charge in [-0.15, -0.1) is 0 Å². The molecule has 1 unspecified atom stereocenters. The molecule has 3 aromatic carbocycles. The minimum atomic E-state index is -2.14. The predicted octanol–water partition coefficient (Wildman–Crippen LogP) is 12.8. The van der Waals surface area contributed by atoms with E-state index in [0.717, 1.165) is 41.5 Å². The maximum absolute atomic E-state index is 13.8. The number of ether oxygens (including phenoxy) is 4. The van der Waals surface area contributed by atoms with E-state index in [-0.39, 0.29) is 60.7 Å². The summed E-state index contributed by atoms with van der Waals surface area (Å²) in [5.74, 6) is 0.187. The summed E-state index contributed by atoms with van der Waals surface area (Å²) >= 11 is 0. The topological polar surface area (TPSA) is 104 Å². The highest BCUT2D eigenvalue weighted by Gasteiger charge is 2.41. The molecule has 340 valence electrons. The van der Waals surface area contributed by atoms with Crippen molar-refractivity contribution >= 4 is 20.4 Å². The predicted molar refractivity (Wildman–Crippen MR) is 253 cm³/mol. The smallest absolute Gasteiger partial charge is 0.409 e. The number of aliphatic hydroxyl groups excluding tert-OH is 1. The van der Waals surface area contributed by atoms with Crippen LogP contribution in [-0.2, 0) is 23.4 Å². The minimum Gasteiger partial charge on any atom is -0.511 e. The van der Waals surface area contributed by atoms with Crippen LogP contribution < -0.4 is 4.74 Å². The number of likely N-dealkylation sites (N-methyl/N-ethyl adjacent to an activating group) is 1. The maximum Gasteiger partial charge on any atom is 0.409 e. The molecule has 0 bridgehead atoms. The van der Waals surface area contributed by atoms with Gasteiger partial charge >= 0.3 is 12.1 Å². The van der Waals surface area contributed by atoms with Crippen molar-refractivity contribution in [3.8, 4) is 16.9 Å². The fourth-order valence-corrected chi connectivity index (χ4v) is 9.72. The Morgan fingerprint density at radius 3 is 2.06 bits per heavy atom. The summed E-state index contributed by atoms with van der Waals surface area (Å²) in [4.78, 5) is 28.8. The van der Waals surface area contributed by atoms with Crippen LogP contribution in [0.5, 0.6) is 5.75 Å². The number of hydrogen-bond acceptors (Lipinski definition) is 8. The van der Waals surface area contributed by atoms with E-state index >= 15 is 0 Å². The Kier molecular flexibility index (Phi) is 18.5. The van der Waals surface area contributed by atoms with Crippen molar-refractivity contribution in [1.82, 2.24) is 4.90 Å². The Balaban J connectivity index is 1.59. The molecule has 1 N–H and O–H groups in total. The maximum atomic E-state index is 13.8. The number of fused-ring (bicyclic) bond motifs is 3. The van der Waals surface area contributed by atoms with E-state index < -0.39 is 26.3 Å². The van der Waals surface area contributed by atoms with E-state index in [2.05, 4.69) is 98.8 Å². The Bertz CT molecular complexity index is 1940. The molecular weight excluding hydrogens is 795 g/mol. The molecule has 5 atom stereocenters. The molecule has 0 fully saturated rings. The average molecular weight is 870 g/mol. The van der Waals surface area contributed by atoms with Crippen LogP contribution in [0.25, 0.3) is 11.1 Å². The lowest BCUT2D eigenvalue weighted by Gasteiger charge is -2.41. The summed E-state index contributed by atoms with van der Waals surface area (Å²) in [6.07, 6.45) is 5.72. The lowest BCUT2D eigenvalue weighted by atomic mass is 9.88. The first kappa shape index (κ1) is 50.3. The number of rotatable bonds is 22. The summed E-state index contributed by atoms with van der Waals surface area (Å²) in [6, 6.07) is 23.6. The number of carbonyl (C=O) groups excluding carboxylic acids is 2. The van der Waals surface area contributed by atoms with Gasteiger partial charge in [0.25, 0.3) is 0 Å². The van der Waals surface area contributed by atoms with Gasteiger partial charge in [0.1, 0.15) is 18.1 Å². The van der Waals surface area contributed by atoms with Crippen LogP contribution in [0.3, 0.4) is 0 Å². The summed E-state index contributed by atoms with van der Waals surface area (Å²) in [5.41, 5.74) is 6.65. The quantitative estimate of drug-likeness (QED) is 0.0266. The largest absolute Gasteiger partial charge is 0.511 e. The van der Waals surface area contributed by atoms with Crippen LogP contribution >= 0.6 is 0 Å². The molecule has 0 aromatic heterocycles. The molecule has 1 amide bonds. The minimum absolute atomic E-state index is 0.0379. The number of carbonyl (C=O) groups is 2. The average Bonchev–Trinajstić information content (AvgIpc) is 3.56. The van der Waals surface area contributed by atoms with Crippen LogP contribution in [0.4, 0.5) is 4.79 Å². The molecule has 0 saturated heterocycles. The molecule has 62 heavy (non-hydrogen) atoms. The number of hydrogen-bond donors (Lipinski definition) is 1. The number of methoxy groups -OCH3 is 2. The zero-order valence-electron chi connectivity index (χ0n) is 39.9. The number of benzene rings is 3. The first-order chi connectivity index (χ1) is 29.3. The van der Waals surface area contributed by atoms with Gasteiger partial charge in [-0.05, 0) is 114 Å². The zero-order valence-corrected chi connectivity index (χ0v) is 40.9. The standard InChI is InChI=1S/C52H75NO8Si/c1-14-35(2)30-36(3)31-38(5)49(61-62(12,13)52(6,7)8)37(4)20-19-25-45(50(55)58-11)48(54)46(39-26-28-40(29-27-39)60-34-57-10)32-53(9)51(56)59-33-47-43-23-17-15-21-41(43)42-22-16-18-24-44(42)47/h15-18,21-24,26-29,31,35-37,46-47,49,54H,14,19-20,25,30,32-34H2,1-13H3/b38-31+,48-45-/t35-,36+,37+,46?,49+/m1/s1. The highest BCUT2D eigenvalue weighted by molar-refractivity contribution is 6.74. The third-order valence-corrected chi connectivity index (χ3v) is 17.6. The van der Waals surface area contributed by atoms with Crippen LogP contribution in [0.2, 0.25) is 18.1 Å². The van der Waals surface area contributed by atoms with Crippen LogP contribution in [0.1, 0.15) is 116 Å². The molecule has 10 heteroatoms. The van der Waals surface area contributed by atoms with E-state index in [1.54, 1.807) is 26.3 Å². The SMILES string of the molecule is CC[C@@H](C)C[C@H](C)/C=C(\C)[C@@H](O[Si](C)(C)C(C)(C)C)[C@@H](C)CCC/C(C(=O)OC)=C(/O)C(CN(C)C(=O)OCC1c2ccccc2-c2ccccc21)c1ccc(OCOC)cc1. The van der Waals surface area contributed by atoms with Gasteiger partial charge in [-0.2, -0.15) is 0 Å². The lowest BCUT2D eigenvalue weighted by Crippen LogP contribution is -2.46.